The molecule has 0 spiro atoms. The van der Waals surface area contributed by atoms with Gasteiger partial charge in [-0.3, -0.25) is 0 Å². The van der Waals surface area contributed by atoms with Gasteiger partial charge in [0.25, 0.3) is 0 Å². The van der Waals surface area contributed by atoms with Crippen molar-refractivity contribution in [3.05, 3.63) is 23.8 Å². The molecule has 0 aromatic heterocycles. The molecule has 0 aliphatic heterocycles. The molecule has 1 heteroatoms. The van der Waals surface area contributed by atoms with Gasteiger partial charge in [-0.05, 0) is 12.8 Å². The molecule has 0 N–H and O–H groups in total. The first kappa shape index (κ1) is 8.19. The molecule has 0 bridgehead atoms. The molecule has 0 aromatic carbocycles. The van der Waals surface area contributed by atoms with Crippen LogP contribution in [-0.2, 0) is 21.7 Å². The van der Waals surface area contributed by atoms with Crippen molar-refractivity contribution in [2.75, 3.05) is 0 Å². The third kappa shape index (κ3) is 1.98. The van der Waals surface area contributed by atoms with Crippen molar-refractivity contribution < 1.29 is 21.7 Å². The van der Waals surface area contributed by atoms with Gasteiger partial charge in [0.1, 0.15) is 0 Å². The topological polar surface area (TPSA) is 0 Å². The zero-order valence-electron chi connectivity index (χ0n) is 5.31. The van der Waals surface area contributed by atoms with Crippen molar-refractivity contribution in [3.8, 4) is 0 Å². The summed E-state index contributed by atoms with van der Waals surface area (Å²) in [4.78, 5) is 0. The van der Waals surface area contributed by atoms with Gasteiger partial charge in [0, 0.05) is 21.7 Å². The fourth-order valence-corrected chi connectivity index (χ4v) is 0.829. The summed E-state index contributed by atoms with van der Waals surface area (Å²) in [5.74, 6) is 0.681. The van der Waals surface area contributed by atoms with Crippen LogP contribution < -0.4 is 0 Å². The van der Waals surface area contributed by atoms with Gasteiger partial charge in [-0.1, -0.05) is 30.7 Å². The number of allylic oxidation sites excluding steroid dienone is 4. The van der Waals surface area contributed by atoms with Gasteiger partial charge >= 0.3 is 0 Å². The van der Waals surface area contributed by atoms with E-state index in [9.17, 15) is 0 Å². The number of rotatable bonds is 0. The molecular formula is C7H10Ti. The zero-order valence-corrected chi connectivity index (χ0v) is 6.87. The Kier molecular flexibility index (Phi) is 3.34. The fraction of sp³-hybridized carbons (Fsp3) is 0.429. The molecule has 1 rings (SSSR count). The van der Waals surface area contributed by atoms with Crippen molar-refractivity contribution >= 4 is 0 Å². The molecule has 1 atom stereocenters. The van der Waals surface area contributed by atoms with E-state index in [1.807, 2.05) is 0 Å². The Morgan fingerprint density at radius 3 is 2.25 bits per heavy atom. The average Bonchev–Trinajstić information content (AvgIpc) is 1.87. The van der Waals surface area contributed by atoms with Gasteiger partial charge in [0.2, 0.25) is 0 Å². The number of hydrogen-bond donors (Lipinski definition) is 0. The summed E-state index contributed by atoms with van der Waals surface area (Å²) in [6.45, 7) is 4.31. The van der Waals surface area contributed by atoms with Crippen LogP contribution in [0.3, 0.4) is 0 Å². The summed E-state index contributed by atoms with van der Waals surface area (Å²) in [6.07, 6.45) is 6.61. The Labute approximate surface area is 65.6 Å². The predicted molar refractivity (Wildman–Crippen MR) is 32.1 cm³/mol. The van der Waals surface area contributed by atoms with E-state index in [0.717, 1.165) is 0 Å². The Morgan fingerprint density at radius 1 is 1.50 bits per heavy atom. The second-order valence-corrected chi connectivity index (χ2v) is 2.13. The zero-order chi connectivity index (χ0) is 5.28. The molecule has 0 saturated carbocycles. The van der Waals surface area contributed by atoms with E-state index in [0.29, 0.717) is 5.92 Å². The normalized spacial score (nSPS) is 24.8. The molecule has 42 valence electrons. The molecule has 0 radical (unpaired) electrons. The minimum Gasteiger partial charge on any atom is -0.0776 e. The molecule has 0 aromatic rings. The van der Waals surface area contributed by atoms with Crippen LogP contribution in [0.4, 0.5) is 0 Å². The van der Waals surface area contributed by atoms with Crippen molar-refractivity contribution in [2.24, 2.45) is 5.92 Å². The third-order valence-electron chi connectivity index (χ3n) is 1.19. The van der Waals surface area contributed by atoms with E-state index in [1.54, 1.807) is 0 Å². The second-order valence-electron chi connectivity index (χ2n) is 2.13. The van der Waals surface area contributed by atoms with Crippen LogP contribution in [0.2, 0.25) is 0 Å². The molecule has 0 saturated heterocycles. The smallest absolute Gasteiger partial charge is 0 e. The average molecular weight is 142 g/mol. The van der Waals surface area contributed by atoms with Crippen LogP contribution in [-0.4, -0.2) is 0 Å². The third-order valence-corrected chi connectivity index (χ3v) is 1.19. The molecule has 0 nitrogen and oxygen atoms in total. The molecule has 8 heavy (non-hydrogen) atoms. The van der Waals surface area contributed by atoms with Crippen LogP contribution in [0, 0.1) is 5.92 Å². The van der Waals surface area contributed by atoms with Crippen molar-refractivity contribution in [1.29, 1.82) is 0 Å². The van der Waals surface area contributed by atoms with Crippen molar-refractivity contribution in [3.63, 3.8) is 0 Å². The van der Waals surface area contributed by atoms with E-state index in [2.05, 4.69) is 32.1 Å². The van der Waals surface area contributed by atoms with Gasteiger partial charge in [0.05, 0.1) is 0 Å². The van der Waals surface area contributed by atoms with Crippen LogP contribution in [0.5, 0.6) is 0 Å². The van der Waals surface area contributed by atoms with Crippen LogP contribution in [0.1, 0.15) is 13.8 Å². The summed E-state index contributed by atoms with van der Waals surface area (Å²) < 4.78 is 0. The van der Waals surface area contributed by atoms with E-state index >= 15 is 0 Å². The van der Waals surface area contributed by atoms with E-state index in [1.165, 1.54) is 5.57 Å². The first-order valence-electron chi connectivity index (χ1n) is 2.65. The summed E-state index contributed by atoms with van der Waals surface area (Å²) in [6, 6.07) is 0. The Bertz CT molecular complexity index is 122. The van der Waals surface area contributed by atoms with Crippen LogP contribution in [0.25, 0.3) is 0 Å². The van der Waals surface area contributed by atoms with E-state index < -0.39 is 0 Å². The van der Waals surface area contributed by atoms with Gasteiger partial charge in [-0.25, -0.2) is 0 Å². The predicted octanol–water partition coefficient (Wildman–Crippen LogP) is 2.14. The maximum Gasteiger partial charge on any atom is 0 e. The Morgan fingerprint density at radius 2 is 2.12 bits per heavy atom. The molecule has 1 aliphatic rings. The Hall–Kier alpha value is 0.194. The largest absolute Gasteiger partial charge is 0.0776 e. The first-order valence-corrected chi connectivity index (χ1v) is 2.65. The molecule has 1 aliphatic carbocycles. The quantitative estimate of drug-likeness (QED) is 0.454. The molecule has 0 amide bonds. The minimum absolute atomic E-state index is 0. The van der Waals surface area contributed by atoms with E-state index in [-0.39, 0.29) is 21.7 Å². The van der Waals surface area contributed by atoms with Crippen LogP contribution >= 0.6 is 0 Å². The fourth-order valence-electron chi connectivity index (χ4n) is 0.829. The summed E-state index contributed by atoms with van der Waals surface area (Å²) in [5.41, 5.74) is 1.40. The summed E-state index contributed by atoms with van der Waals surface area (Å²) in [7, 11) is 0. The molecule has 1 unspecified atom stereocenters. The summed E-state index contributed by atoms with van der Waals surface area (Å²) in [5, 5.41) is 0. The molecular weight excluding hydrogens is 132 g/mol. The van der Waals surface area contributed by atoms with Gasteiger partial charge in [-0.15, -0.1) is 0 Å². The van der Waals surface area contributed by atoms with Gasteiger partial charge < -0.3 is 0 Å². The Balaban J connectivity index is 0.000000490. The number of hydrogen-bond acceptors (Lipinski definition) is 0. The summed E-state index contributed by atoms with van der Waals surface area (Å²) >= 11 is 0. The molecule has 0 fully saturated rings. The second kappa shape index (κ2) is 3.27. The van der Waals surface area contributed by atoms with Gasteiger partial charge in [0.15, 0.2) is 0 Å². The minimum atomic E-state index is 0. The maximum atomic E-state index is 2.25. The maximum absolute atomic E-state index is 2.25. The van der Waals surface area contributed by atoms with Crippen molar-refractivity contribution in [2.45, 2.75) is 13.8 Å². The van der Waals surface area contributed by atoms with Crippen LogP contribution in [0.15, 0.2) is 23.8 Å². The van der Waals surface area contributed by atoms with E-state index in [4.69, 9.17) is 0 Å². The van der Waals surface area contributed by atoms with Crippen molar-refractivity contribution in [1.82, 2.24) is 0 Å². The first-order chi connectivity index (χ1) is 3.29. The standard InChI is InChI=1S/C7H10.Ti/c1-6-3-4-7(2)5-6;/h3-6H,1-2H3;. The monoisotopic (exact) mass is 142 g/mol. The SMILES string of the molecule is CC1=CC(C)C=C1.[Ti]. The molecule has 0 heterocycles. The van der Waals surface area contributed by atoms with Gasteiger partial charge in [-0.2, -0.15) is 0 Å².